The monoisotopic (exact) mass is 499 g/mol. The van der Waals surface area contributed by atoms with Gasteiger partial charge in [-0.2, -0.15) is 0 Å². The molecule has 1 aromatic heterocycles. The predicted molar refractivity (Wildman–Crippen MR) is 117 cm³/mol. The maximum absolute atomic E-state index is 12.9. The van der Waals surface area contributed by atoms with Gasteiger partial charge in [0.25, 0.3) is 17.5 Å². The smallest absolute Gasteiger partial charge is 0.335 e. The number of nitro benzene ring substituents is 1. The number of carbonyl (C=O) groups excluding carboxylic acids is 2. The van der Waals surface area contributed by atoms with E-state index >= 15 is 0 Å². The third-order valence-electron chi connectivity index (χ3n) is 4.05. The van der Waals surface area contributed by atoms with Gasteiger partial charge >= 0.3 is 5.97 Å². The molecule has 2 aromatic carbocycles. The van der Waals surface area contributed by atoms with Crippen molar-refractivity contribution in [3.8, 4) is 0 Å². The number of nitro groups is 1. The van der Waals surface area contributed by atoms with Crippen molar-refractivity contribution in [3.05, 3.63) is 98.0 Å². The number of rotatable bonds is 7. The number of halogens is 1. The second kappa shape index (κ2) is 9.71. The van der Waals surface area contributed by atoms with Gasteiger partial charge in [0, 0.05) is 17.8 Å². The lowest BCUT2D eigenvalue weighted by Gasteiger charge is -2.11. The summed E-state index contributed by atoms with van der Waals surface area (Å²) in [5, 5.41) is 25.1. The molecule has 2 amide bonds. The fourth-order valence-electron chi connectivity index (χ4n) is 2.60. The molecule has 3 N–H and O–H groups in total. The number of benzene rings is 2. The van der Waals surface area contributed by atoms with Gasteiger partial charge in [0.1, 0.15) is 5.70 Å². The molecule has 11 heteroatoms. The molecule has 0 atom stereocenters. The summed E-state index contributed by atoms with van der Waals surface area (Å²) >= 11 is 3.08. The standard InChI is InChI=1S/C21H14BrN3O7/c22-18-8-7-17(32-18)20(27)24-16(10-12-3-1-6-15(9-12)25(30)31)19(26)23-14-5-2-4-13(11-14)21(28)29/h1-11H,(H,23,26)(H,24,27)(H,28,29)/b16-10+. The minimum absolute atomic E-state index is 0.0449. The van der Waals surface area contributed by atoms with Crippen LogP contribution in [0.5, 0.6) is 0 Å². The second-order valence-corrected chi connectivity index (χ2v) is 7.09. The summed E-state index contributed by atoms with van der Waals surface area (Å²) in [6.07, 6.45) is 1.25. The first kappa shape index (κ1) is 22.4. The first-order valence-electron chi connectivity index (χ1n) is 8.90. The van der Waals surface area contributed by atoms with Crippen LogP contribution in [0.3, 0.4) is 0 Å². The topological polar surface area (TPSA) is 152 Å². The third-order valence-corrected chi connectivity index (χ3v) is 4.48. The molecule has 0 saturated heterocycles. The zero-order valence-corrected chi connectivity index (χ0v) is 17.7. The molecule has 10 nitrogen and oxygen atoms in total. The minimum Gasteiger partial charge on any atom is -0.478 e. The maximum atomic E-state index is 12.9. The van der Waals surface area contributed by atoms with Crippen LogP contribution < -0.4 is 10.6 Å². The Morgan fingerprint density at radius 1 is 1.06 bits per heavy atom. The van der Waals surface area contributed by atoms with Crippen LogP contribution in [0.25, 0.3) is 6.08 Å². The number of aromatic carboxylic acids is 1. The van der Waals surface area contributed by atoms with E-state index in [1.165, 1.54) is 66.7 Å². The SMILES string of the molecule is O=C(Nc1cccc(C(=O)O)c1)/C(=C\c1cccc([N+](=O)[O-])c1)NC(=O)c1ccc(Br)o1. The Balaban J connectivity index is 1.93. The molecule has 0 fully saturated rings. The molecular formula is C21H14BrN3O7. The number of nitrogens with zero attached hydrogens (tertiary/aromatic N) is 1. The van der Waals surface area contributed by atoms with Gasteiger partial charge in [-0.25, -0.2) is 4.79 Å². The van der Waals surface area contributed by atoms with Crippen LogP contribution in [0.1, 0.15) is 26.5 Å². The molecule has 0 bridgehead atoms. The van der Waals surface area contributed by atoms with Crippen LogP contribution in [0.4, 0.5) is 11.4 Å². The Hall–Kier alpha value is -4.25. The van der Waals surface area contributed by atoms with Gasteiger partial charge in [0.2, 0.25) is 0 Å². The van der Waals surface area contributed by atoms with E-state index < -0.39 is 22.7 Å². The van der Waals surface area contributed by atoms with Crippen LogP contribution in [0.2, 0.25) is 0 Å². The van der Waals surface area contributed by atoms with E-state index in [0.29, 0.717) is 4.67 Å². The van der Waals surface area contributed by atoms with Gasteiger partial charge in [-0.3, -0.25) is 19.7 Å². The van der Waals surface area contributed by atoms with Crippen molar-refractivity contribution in [3.63, 3.8) is 0 Å². The summed E-state index contributed by atoms with van der Waals surface area (Å²) < 4.78 is 5.49. The summed E-state index contributed by atoms with van der Waals surface area (Å²) in [4.78, 5) is 47.0. The Morgan fingerprint density at radius 2 is 1.81 bits per heavy atom. The van der Waals surface area contributed by atoms with E-state index in [2.05, 4.69) is 26.6 Å². The molecule has 0 aliphatic heterocycles. The molecule has 0 saturated carbocycles. The lowest BCUT2D eigenvalue weighted by Crippen LogP contribution is -2.30. The lowest BCUT2D eigenvalue weighted by molar-refractivity contribution is -0.384. The lowest BCUT2D eigenvalue weighted by atomic mass is 10.1. The van der Waals surface area contributed by atoms with E-state index in [1.807, 2.05) is 0 Å². The maximum Gasteiger partial charge on any atom is 0.335 e. The molecule has 3 aromatic rings. The summed E-state index contributed by atoms with van der Waals surface area (Å²) in [5.41, 5.74) is -0.0337. The van der Waals surface area contributed by atoms with E-state index in [1.54, 1.807) is 0 Å². The second-order valence-electron chi connectivity index (χ2n) is 6.31. The average molecular weight is 500 g/mol. The van der Waals surface area contributed by atoms with Crippen molar-refractivity contribution in [1.82, 2.24) is 5.32 Å². The molecule has 162 valence electrons. The van der Waals surface area contributed by atoms with E-state index in [0.717, 1.165) is 0 Å². The predicted octanol–water partition coefficient (Wildman–Crippen LogP) is 4.06. The van der Waals surface area contributed by atoms with Crippen LogP contribution in [-0.2, 0) is 4.79 Å². The zero-order chi connectivity index (χ0) is 23.3. The Kier molecular flexibility index (Phi) is 6.80. The number of furan rings is 1. The zero-order valence-electron chi connectivity index (χ0n) is 16.1. The highest BCUT2D eigenvalue weighted by Crippen LogP contribution is 2.18. The summed E-state index contributed by atoms with van der Waals surface area (Å²) in [5.74, 6) is -2.77. The van der Waals surface area contributed by atoms with Crippen LogP contribution >= 0.6 is 15.9 Å². The number of nitrogens with one attached hydrogen (secondary N) is 2. The molecule has 3 rings (SSSR count). The molecule has 0 spiro atoms. The number of carboxylic acids is 1. The first-order valence-corrected chi connectivity index (χ1v) is 9.70. The van der Waals surface area contributed by atoms with Gasteiger partial charge < -0.3 is 20.2 Å². The highest BCUT2D eigenvalue weighted by Gasteiger charge is 2.18. The molecule has 1 heterocycles. The summed E-state index contributed by atoms with van der Waals surface area (Å²) in [7, 11) is 0. The van der Waals surface area contributed by atoms with Crippen molar-refractivity contribution >= 4 is 51.2 Å². The number of amides is 2. The van der Waals surface area contributed by atoms with Crippen LogP contribution in [0.15, 0.2) is 75.4 Å². The van der Waals surface area contributed by atoms with Crippen LogP contribution in [0, 0.1) is 10.1 Å². The number of hydrogen-bond donors (Lipinski definition) is 3. The van der Waals surface area contributed by atoms with Crippen LogP contribution in [-0.4, -0.2) is 27.8 Å². The van der Waals surface area contributed by atoms with Crippen molar-refractivity contribution in [2.24, 2.45) is 0 Å². The number of carbonyl (C=O) groups is 3. The fourth-order valence-corrected chi connectivity index (χ4v) is 2.91. The fraction of sp³-hybridized carbons (Fsp3) is 0. The third kappa shape index (κ3) is 5.67. The molecule has 0 aliphatic rings. The Labute approximate surface area is 188 Å². The average Bonchev–Trinajstić information content (AvgIpc) is 3.20. The van der Waals surface area contributed by atoms with E-state index in [-0.39, 0.29) is 34.0 Å². The number of non-ortho nitro benzene ring substituents is 1. The quantitative estimate of drug-likeness (QED) is 0.251. The van der Waals surface area contributed by atoms with Gasteiger partial charge in [-0.05, 0) is 57.9 Å². The van der Waals surface area contributed by atoms with Gasteiger partial charge in [0.15, 0.2) is 10.4 Å². The highest BCUT2D eigenvalue weighted by molar-refractivity contribution is 9.10. The van der Waals surface area contributed by atoms with E-state index in [9.17, 15) is 24.5 Å². The Bertz CT molecular complexity index is 1250. The van der Waals surface area contributed by atoms with Gasteiger partial charge in [-0.1, -0.05) is 18.2 Å². The van der Waals surface area contributed by atoms with Crippen molar-refractivity contribution in [1.29, 1.82) is 0 Å². The van der Waals surface area contributed by atoms with Gasteiger partial charge in [-0.15, -0.1) is 0 Å². The molecule has 32 heavy (non-hydrogen) atoms. The van der Waals surface area contributed by atoms with Crippen molar-refractivity contribution < 1.29 is 28.8 Å². The molecule has 0 radical (unpaired) electrons. The number of hydrogen-bond acceptors (Lipinski definition) is 6. The molecule has 0 unspecified atom stereocenters. The first-order chi connectivity index (χ1) is 15.2. The summed E-state index contributed by atoms with van der Waals surface area (Å²) in [6.45, 7) is 0. The highest BCUT2D eigenvalue weighted by atomic mass is 79.9. The van der Waals surface area contributed by atoms with Gasteiger partial charge in [0.05, 0.1) is 10.5 Å². The summed E-state index contributed by atoms with van der Waals surface area (Å²) in [6, 6.07) is 13.9. The Morgan fingerprint density at radius 3 is 2.47 bits per heavy atom. The molecule has 0 aliphatic carbocycles. The van der Waals surface area contributed by atoms with E-state index in [4.69, 9.17) is 9.52 Å². The van der Waals surface area contributed by atoms with Crippen molar-refractivity contribution in [2.75, 3.05) is 5.32 Å². The normalized spacial score (nSPS) is 11.0. The molecular weight excluding hydrogens is 486 g/mol. The van der Waals surface area contributed by atoms with Crippen molar-refractivity contribution in [2.45, 2.75) is 0 Å². The number of anilines is 1. The largest absolute Gasteiger partial charge is 0.478 e. The number of carboxylic acid groups (broad SMARTS) is 1. The minimum atomic E-state index is -1.18.